The van der Waals surface area contributed by atoms with Crippen LogP contribution in [0.2, 0.25) is 0 Å². The van der Waals surface area contributed by atoms with Crippen LogP contribution in [0.5, 0.6) is 0 Å². The zero-order valence-electron chi connectivity index (χ0n) is 9.25. The van der Waals surface area contributed by atoms with E-state index in [2.05, 4.69) is 10.6 Å². The van der Waals surface area contributed by atoms with Crippen molar-refractivity contribution in [3.05, 3.63) is 29.6 Å². The second kappa shape index (κ2) is 5.58. The van der Waals surface area contributed by atoms with Crippen molar-refractivity contribution in [2.24, 2.45) is 0 Å². The molecule has 0 saturated heterocycles. The lowest BCUT2D eigenvalue weighted by molar-refractivity contribution is -0.114. The average molecular weight is 226 g/mol. The lowest BCUT2D eigenvalue weighted by Crippen LogP contribution is -2.19. The Morgan fingerprint density at radius 3 is 2.81 bits per heavy atom. The summed E-state index contributed by atoms with van der Waals surface area (Å²) in [6.45, 7) is 1.65. The molecular formula is C11H15FN2O2. The number of halogens is 1. The van der Waals surface area contributed by atoms with E-state index in [1.165, 1.54) is 25.1 Å². The van der Waals surface area contributed by atoms with Crippen LogP contribution in [0.3, 0.4) is 0 Å². The Hall–Kier alpha value is -1.46. The van der Waals surface area contributed by atoms with Crippen LogP contribution in [0, 0.1) is 5.82 Å². The summed E-state index contributed by atoms with van der Waals surface area (Å²) < 4.78 is 13.0. The predicted molar refractivity (Wildman–Crippen MR) is 59.6 cm³/mol. The van der Waals surface area contributed by atoms with Gasteiger partial charge in [-0.3, -0.25) is 4.79 Å². The van der Waals surface area contributed by atoms with Gasteiger partial charge in [-0.1, -0.05) is 0 Å². The fraction of sp³-hybridized carbons (Fsp3) is 0.364. The molecule has 0 spiro atoms. The Morgan fingerprint density at radius 1 is 1.56 bits per heavy atom. The summed E-state index contributed by atoms with van der Waals surface area (Å²) in [5.74, 6) is -0.705. The van der Waals surface area contributed by atoms with Crippen molar-refractivity contribution < 1.29 is 14.3 Å². The summed E-state index contributed by atoms with van der Waals surface area (Å²) in [6, 6.07) is 3.89. The third-order valence-electron chi connectivity index (χ3n) is 2.08. The van der Waals surface area contributed by atoms with Gasteiger partial charge < -0.3 is 15.7 Å². The third kappa shape index (κ3) is 3.29. The van der Waals surface area contributed by atoms with Crippen LogP contribution < -0.4 is 10.6 Å². The van der Waals surface area contributed by atoms with Gasteiger partial charge in [0.25, 0.3) is 0 Å². The molecule has 0 bridgehead atoms. The number of anilines is 1. The lowest BCUT2D eigenvalue weighted by atomic mass is 10.1. The summed E-state index contributed by atoms with van der Waals surface area (Å²) >= 11 is 0. The van der Waals surface area contributed by atoms with E-state index in [0.717, 1.165) is 0 Å². The van der Waals surface area contributed by atoms with E-state index in [1.54, 1.807) is 7.05 Å². The monoisotopic (exact) mass is 226 g/mol. The number of carbonyl (C=O) groups is 1. The average Bonchev–Trinajstić information content (AvgIpc) is 2.20. The number of carbonyl (C=O) groups excluding carboxylic acids is 1. The topological polar surface area (TPSA) is 61.4 Å². The zero-order valence-corrected chi connectivity index (χ0v) is 9.25. The van der Waals surface area contributed by atoms with Gasteiger partial charge in [-0.2, -0.15) is 0 Å². The maximum atomic E-state index is 13.0. The molecule has 0 aliphatic rings. The van der Waals surface area contributed by atoms with Crippen LogP contribution in [-0.2, 0) is 4.79 Å². The molecule has 0 aromatic heterocycles. The molecule has 16 heavy (non-hydrogen) atoms. The van der Waals surface area contributed by atoms with E-state index >= 15 is 0 Å². The largest absolute Gasteiger partial charge is 0.387 e. The summed E-state index contributed by atoms with van der Waals surface area (Å²) in [5, 5.41) is 15.1. The molecular weight excluding hydrogens is 211 g/mol. The van der Waals surface area contributed by atoms with Crippen molar-refractivity contribution >= 4 is 11.6 Å². The van der Waals surface area contributed by atoms with Gasteiger partial charge in [-0.15, -0.1) is 0 Å². The number of hydrogen-bond acceptors (Lipinski definition) is 3. The van der Waals surface area contributed by atoms with Crippen molar-refractivity contribution in [2.45, 2.75) is 13.0 Å². The molecule has 5 heteroatoms. The van der Waals surface area contributed by atoms with Gasteiger partial charge in [0.1, 0.15) is 5.82 Å². The van der Waals surface area contributed by atoms with E-state index < -0.39 is 11.9 Å². The van der Waals surface area contributed by atoms with Crippen LogP contribution >= 0.6 is 0 Å². The molecule has 1 atom stereocenters. The number of rotatable bonds is 4. The van der Waals surface area contributed by atoms with Crippen molar-refractivity contribution in [3.63, 3.8) is 0 Å². The van der Waals surface area contributed by atoms with Gasteiger partial charge in [0, 0.05) is 24.7 Å². The summed E-state index contributed by atoms with van der Waals surface area (Å²) in [7, 11) is 1.68. The fourth-order valence-corrected chi connectivity index (χ4v) is 1.42. The van der Waals surface area contributed by atoms with Gasteiger partial charge in [-0.25, -0.2) is 4.39 Å². The Bertz CT molecular complexity index is 382. The van der Waals surface area contributed by atoms with Gasteiger partial charge in [0.15, 0.2) is 0 Å². The van der Waals surface area contributed by atoms with Crippen molar-refractivity contribution in [1.82, 2.24) is 5.32 Å². The number of likely N-dealkylation sites (N-methyl/N-ethyl adjacent to an activating group) is 1. The number of amides is 1. The Morgan fingerprint density at radius 2 is 2.25 bits per heavy atom. The highest BCUT2D eigenvalue weighted by atomic mass is 19.1. The van der Waals surface area contributed by atoms with E-state index in [0.29, 0.717) is 11.3 Å². The van der Waals surface area contributed by atoms with Gasteiger partial charge in [0.2, 0.25) is 5.91 Å². The SMILES string of the molecule is CNCC(O)c1cc(F)ccc1NC(C)=O. The first-order valence-corrected chi connectivity index (χ1v) is 4.94. The second-order valence-electron chi connectivity index (χ2n) is 3.49. The van der Waals surface area contributed by atoms with Crippen LogP contribution in [0.1, 0.15) is 18.6 Å². The van der Waals surface area contributed by atoms with Gasteiger partial charge >= 0.3 is 0 Å². The standard InChI is InChI=1S/C11H15FN2O2/c1-7(15)14-10-4-3-8(12)5-9(10)11(16)6-13-2/h3-5,11,13,16H,6H2,1-2H3,(H,14,15). The molecule has 0 aliphatic heterocycles. The maximum Gasteiger partial charge on any atom is 0.221 e. The zero-order chi connectivity index (χ0) is 12.1. The first-order chi connectivity index (χ1) is 7.54. The summed E-state index contributed by atoms with van der Waals surface area (Å²) in [6.07, 6.45) is -0.859. The van der Waals surface area contributed by atoms with Gasteiger partial charge in [-0.05, 0) is 25.2 Å². The molecule has 1 amide bonds. The molecule has 0 radical (unpaired) electrons. The first kappa shape index (κ1) is 12.6. The molecule has 1 unspecified atom stereocenters. The highest BCUT2D eigenvalue weighted by Gasteiger charge is 2.13. The van der Waals surface area contributed by atoms with E-state index in [-0.39, 0.29) is 12.5 Å². The fourth-order valence-electron chi connectivity index (χ4n) is 1.42. The molecule has 4 nitrogen and oxygen atoms in total. The van der Waals surface area contributed by atoms with E-state index in [4.69, 9.17) is 0 Å². The molecule has 1 aromatic carbocycles. The number of hydrogen-bond donors (Lipinski definition) is 3. The van der Waals surface area contributed by atoms with Gasteiger partial charge in [0.05, 0.1) is 6.10 Å². The quantitative estimate of drug-likeness (QED) is 0.718. The second-order valence-corrected chi connectivity index (χ2v) is 3.49. The molecule has 0 saturated carbocycles. The normalized spacial score (nSPS) is 12.2. The molecule has 0 aliphatic carbocycles. The van der Waals surface area contributed by atoms with Crippen LogP contribution in [0.4, 0.5) is 10.1 Å². The highest BCUT2D eigenvalue weighted by Crippen LogP contribution is 2.23. The first-order valence-electron chi connectivity index (χ1n) is 4.94. The van der Waals surface area contributed by atoms with Crippen molar-refractivity contribution in [3.8, 4) is 0 Å². The van der Waals surface area contributed by atoms with Crippen LogP contribution in [0.15, 0.2) is 18.2 Å². The number of aliphatic hydroxyl groups is 1. The minimum atomic E-state index is -0.859. The maximum absolute atomic E-state index is 13.0. The Labute approximate surface area is 93.5 Å². The summed E-state index contributed by atoms with van der Waals surface area (Å²) in [5.41, 5.74) is 0.793. The molecule has 1 aromatic rings. The molecule has 1 rings (SSSR count). The van der Waals surface area contributed by atoms with E-state index in [1.807, 2.05) is 0 Å². The number of nitrogens with one attached hydrogen (secondary N) is 2. The number of aliphatic hydroxyl groups excluding tert-OH is 1. The Balaban J connectivity index is 3.02. The molecule has 0 heterocycles. The molecule has 3 N–H and O–H groups in total. The Kier molecular flexibility index (Phi) is 4.39. The minimum absolute atomic E-state index is 0.260. The van der Waals surface area contributed by atoms with Crippen molar-refractivity contribution in [2.75, 3.05) is 18.9 Å². The lowest BCUT2D eigenvalue weighted by Gasteiger charge is -2.15. The smallest absolute Gasteiger partial charge is 0.221 e. The van der Waals surface area contributed by atoms with E-state index in [9.17, 15) is 14.3 Å². The third-order valence-corrected chi connectivity index (χ3v) is 2.08. The highest BCUT2D eigenvalue weighted by molar-refractivity contribution is 5.89. The molecule has 0 fully saturated rings. The predicted octanol–water partition coefficient (Wildman–Crippen LogP) is 1.04. The van der Waals surface area contributed by atoms with Crippen LogP contribution in [0.25, 0.3) is 0 Å². The molecule has 88 valence electrons. The van der Waals surface area contributed by atoms with Crippen molar-refractivity contribution in [1.29, 1.82) is 0 Å². The van der Waals surface area contributed by atoms with Crippen LogP contribution in [-0.4, -0.2) is 24.6 Å². The summed E-state index contributed by atoms with van der Waals surface area (Å²) in [4.78, 5) is 10.9. The number of benzene rings is 1. The minimum Gasteiger partial charge on any atom is -0.387 e.